The summed E-state index contributed by atoms with van der Waals surface area (Å²) in [5.41, 5.74) is 5.24. The summed E-state index contributed by atoms with van der Waals surface area (Å²) in [6.07, 6.45) is 0.754. The topological polar surface area (TPSA) is 103 Å². The number of nitrogens with two attached hydrogens (primary N) is 1. The Morgan fingerprint density at radius 3 is 2.44 bits per heavy atom. The normalized spacial score (nSPS) is 12.3. The molecule has 0 rings (SSSR count). The van der Waals surface area contributed by atoms with Crippen LogP contribution in [-0.2, 0) is 0 Å². The van der Waals surface area contributed by atoms with Gasteiger partial charge in [0.15, 0.2) is 0 Å². The van der Waals surface area contributed by atoms with Crippen LogP contribution >= 0.6 is 0 Å². The molecule has 0 spiro atoms. The molecule has 0 heterocycles. The highest BCUT2D eigenvalue weighted by molar-refractivity contribution is 5.85. The molecule has 0 unspecified atom stereocenters. The zero-order valence-corrected chi connectivity index (χ0v) is 11.7. The average Bonchev–Trinajstić information content (AvgIpc) is 2.31. The van der Waals surface area contributed by atoms with Crippen molar-refractivity contribution in [2.24, 2.45) is 16.3 Å². The number of amides is 2. The summed E-state index contributed by atoms with van der Waals surface area (Å²) in [5, 5.41) is 17.6. The lowest BCUT2D eigenvalue weighted by molar-refractivity contribution is 0.217. The van der Waals surface area contributed by atoms with Gasteiger partial charge in [-0.25, -0.2) is 4.79 Å². The predicted molar refractivity (Wildman–Crippen MR) is 71.8 cm³/mol. The van der Waals surface area contributed by atoms with Crippen molar-refractivity contribution in [1.29, 1.82) is 0 Å². The van der Waals surface area contributed by atoms with Gasteiger partial charge in [0.2, 0.25) is 0 Å². The predicted octanol–water partition coefficient (Wildman–Crippen LogP) is 0.00990. The van der Waals surface area contributed by atoms with E-state index in [1.807, 2.05) is 13.8 Å². The van der Waals surface area contributed by atoms with Gasteiger partial charge in [-0.15, -0.1) is 0 Å². The molecule has 2 amide bonds. The molecule has 0 saturated carbocycles. The minimum absolute atomic E-state index is 0.103. The second-order valence-electron chi connectivity index (χ2n) is 5.00. The van der Waals surface area contributed by atoms with E-state index < -0.39 is 0 Å². The first-order chi connectivity index (χ1) is 8.31. The third-order valence-electron chi connectivity index (χ3n) is 2.71. The van der Waals surface area contributed by atoms with Crippen molar-refractivity contribution in [3.05, 3.63) is 0 Å². The summed E-state index contributed by atoms with van der Waals surface area (Å²) in [6.45, 7) is 5.82. The van der Waals surface area contributed by atoms with Gasteiger partial charge in [0, 0.05) is 32.6 Å². The third-order valence-corrected chi connectivity index (χ3v) is 2.71. The Balaban J connectivity index is 3.66. The van der Waals surface area contributed by atoms with Crippen molar-refractivity contribution in [2.75, 3.05) is 33.7 Å². The Bertz CT molecular complexity index is 289. The number of urea groups is 1. The van der Waals surface area contributed by atoms with E-state index in [2.05, 4.69) is 15.8 Å². The number of carbonyl (C=O) groups excluding carboxylic acids is 1. The summed E-state index contributed by atoms with van der Waals surface area (Å²) in [4.78, 5) is 12.7. The Morgan fingerprint density at radius 1 is 1.33 bits per heavy atom. The second-order valence-corrected chi connectivity index (χ2v) is 5.00. The van der Waals surface area contributed by atoms with E-state index in [4.69, 9.17) is 10.9 Å². The SMILES string of the molecule is CN(C)C(=O)NCCNCCC(C)(C)C(N)=NO. The second kappa shape index (κ2) is 7.75. The van der Waals surface area contributed by atoms with Crippen LogP contribution in [0.25, 0.3) is 0 Å². The van der Waals surface area contributed by atoms with Gasteiger partial charge in [0.05, 0.1) is 0 Å². The van der Waals surface area contributed by atoms with E-state index in [9.17, 15) is 4.79 Å². The van der Waals surface area contributed by atoms with Crippen LogP contribution < -0.4 is 16.4 Å². The lowest BCUT2D eigenvalue weighted by Crippen LogP contribution is -2.39. The van der Waals surface area contributed by atoms with E-state index in [0.717, 1.165) is 13.0 Å². The fraction of sp³-hybridized carbons (Fsp3) is 0.818. The minimum Gasteiger partial charge on any atom is -0.409 e. The van der Waals surface area contributed by atoms with Gasteiger partial charge in [0.25, 0.3) is 0 Å². The number of hydrogen-bond acceptors (Lipinski definition) is 4. The molecule has 0 fully saturated rings. The molecular weight excluding hydrogens is 234 g/mol. The number of hydrogen-bond donors (Lipinski definition) is 4. The molecule has 0 bridgehead atoms. The van der Waals surface area contributed by atoms with Gasteiger partial charge in [-0.2, -0.15) is 0 Å². The van der Waals surface area contributed by atoms with Crippen molar-refractivity contribution >= 4 is 11.9 Å². The molecule has 0 aromatic rings. The quantitative estimate of drug-likeness (QED) is 0.170. The summed E-state index contributed by atoms with van der Waals surface area (Å²) in [5.74, 6) is 0.227. The van der Waals surface area contributed by atoms with Gasteiger partial charge in [-0.05, 0) is 13.0 Å². The zero-order valence-electron chi connectivity index (χ0n) is 11.7. The van der Waals surface area contributed by atoms with Crippen molar-refractivity contribution in [3.63, 3.8) is 0 Å². The molecule has 0 aromatic heterocycles. The zero-order chi connectivity index (χ0) is 14.2. The van der Waals surface area contributed by atoms with Gasteiger partial charge >= 0.3 is 6.03 Å². The van der Waals surface area contributed by atoms with Crippen LogP contribution in [0.15, 0.2) is 5.16 Å². The van der Waals surface area contributed by atoms with Crippen LogP contribution in [0, 0.1) is 5.41 Å². The number of carbonyl (C=O) groups is 1. The summed E-state index contributed by atoms with van der Waals surface area (Å²) in [6, 6.07) is -0.103. The molecule has 0 aliphatic heterocycles. The van der Waals surface area contributed by atoms with Gasteiger partial charge in [-0.3, -0.25) is 0 Å². The van der Waals surface area contributed by atoms with Crippen LogP contribution in [0.5, 0.6) is 0 Å². The molecule has 106 valence electrons. The van der Waals surface area contributed by atoms with Crippen LogP contribution in [0.4, 0.5) is 4.79 Å². The van der Waals surface area contributed by atoms with E-state index in [1.54, 1.807) is 14.1 Å². The fourth-order valence-electron chi connectivity index (χ4n) is 1.21. The molecule has 5 N–H and O–H groups in total. The maximum atomic E-state index is 11.2. The fourth-order valence-corrected chi connectivity index (χ4v) is 1.21. The molecule has 7 heteroatoms. The molecule has 0 aromatic carbocycles. The molecule has 0 radical (unpaired) electrons. The number of amidine groups is 1. The maximum Gasteiger partial charge on any atom is 0.316 e. The van der Waals surface area contributed by atoms with Crippen LogP contribution in [-0.4, -0.2) is 55.7 Å². The van der Waals surface area contributed by atoms with Gasteiger partial charge < -0.3 is 26.5 Å². The van der Waals surface area contributed by atoms with Crippen molar-refractivity contribution in [2.45, 2.75) is 20.3 Å². The highest BCUT2D eigenvalue weighted by Crippen LogP contribution is 2.19. The first kappa shape index (κ1) is 16.5. The summed E-state index contributed by atoms with van der Waals surface area (Å²) < 4.78 is 0. The highest BCUT2D eigenvalue weighted by atomic mass is 16.4. The van der Waals surface area contributed by atoms with Crippen LogP contribution in [0.1, 0.15) is 20.3 Å². The van der Waals surface area contributed by atoms with Crippen LogP contribution in [0.3, 0.4) is 0 Å². The molecule has 7 nitrogen and oxygen atoms in total. The van der Waals surface area contributed by atoms with E-state index in [0.29, 0.717) is 13.1 Å². The molecule has 0 saturated heterocycles. The van der Waals surface area contributed by atoms with Gasteiger partial charge in [0.1, 0.15) is 5.84 Å². The lowest BCUT2D eigenvalue weighted by atomic mass is 9.88. The minimum atomic E-state index is -0.339. The first-order valence-electron chi connectivity index (χ1n) is 5.95. The van der Waals surface area contributed by atoms with Crippen molar-refractivity contribution < 1.29 is 10.0 Å². The van der Waals surface area contributed by atoms with Crippen molar-refractivity contribution in [3.8, 4) is 0 Å². The standard InChI is InChI=1S/C11H25N5O2/c1-11(2,9(12)15-18)5-6-13-7-8-14-10(17)16(3)4/h13,18H,5-8H2,1-4H3,(H2,12,15)(H,14,17). The smallest absolute Gasteiger partial charge is 0.316 e. The third kappa shape index (κ3) is 6.29. The molecule has 0 aliphatic carbocycles. The Hall–Kier alpha value is -1.50. The Labute approximate surface area is 108 Å². The molecular formula is C11H25N5O2. The number of oxime groups is 1. The number of nitrogens with one attached hydrogen (secondary N) is 2. The lowest BCUT2D eigenvalue weighted by Gasteiger charge is -2.22. The first-order valence-corrected chi connectivity index (χ1v) is 5.95. The van der Waals surface area contributed by atoms with Crippen LogP contribution in [0.2, 0.25) is 0 Å². The Morgan fingerprint density at radius 2 is 1.94 bits per heavy atom. The average molecular weight is 259 g/mol. The maximum absolute atomic E-state index is 11.2. The van der Waals surface area contributed by atoms with E-state index in [1.165, 1.54) is 4.90 Å². The summed E-state index contributed by atoms with van der Waals surface area (Å²) >= 11 is 0. The summed E-state index contributed by atoms with van der Waals surface area (Å²) in [7, 11) is 3.39. The molecule has 18 heavy (non-hydrogen) atoms. The van der Waals surface area contributed by atoms with Crippen molar-refractivity contribution in [1.82, 2.24) is 15.5 Å². The van der Waals surface area contributed by atoms with E-state index in [-0.39, 0.29) is 17.3 Å². The highest BCUT2D eigenvalue weighted by Gasteiger charge is 2.22. The number of nitrogens with zero attached hydrogens (tertiary/aromatic N) is 2. The number of rotatable bonds is 7. The Kier molecular flexibility index (Phi) is 7.11. The largest absolute Gasteiger partial charge is 0.409 e. The monoisotopic (exact) mass is 259 g/mol. The molecule has 0 atom stereocenters. The molecule has 0 aliphatic rings. The van der Waals surface area contributed by atoms with E-state index >= 15 is 0 Å². The van der Waals surface area contributed by atoms with Gasteiger partial charge in [-0.1, -0.05) is 19.0 Å².